The number of cyclic esters (lactones) is 1. The molecular formula is C20H19NO4. The fraction of sp³-hybridized carbons (Fsp3) is 0.200. The number of benzene rings is 2. The van der Waals surface area contributed by atoms with Crippen molar-refractivity contribution in [3.05, 3.63) is 64.7 Å². The fourth-order valence-corrected chi connectivity index (χ4v) is 2.61. The normalized spacial score (nSPS) is 14.9. The largest absolute Gasteiger partial charge is 0.461 e. The quantitative estimate of drug-likeness (QED) is 0.790. The molecule has 0 aliphatic carbocycles. The lowest BCUT2D eigenvalue weighted by atomic mass is 10.0. The van der Waals surface area contributed by atoms with Crippen LogP contribution < -0.4 is 4.90 Å². The van der Waals surface area contributed by atoms with Crippen LogP contribution in [-0.2, 0) is 20.9 Å². The summed E-state index contributed by atoms with van der Waals surface area (Å²) >= 11 is 0. The van der Waals surface area contributed by atoms with Crippen molar-refractivity contribution in [2.45, 2.75) is 20.5 Å². The third-order valence-electron chi connectivity index (χ3n) is 3.97. The Labute approximate surface area is 146 Å². The monoisotopic (exact) mass is 337 g/mol. The van der Waals surface area contributed by atoms with Gasteiger partial charge < -0.3 is 9.47 Å². The van der Waals surface area contributed by atoms with Crippen molar-refractivity contribution in [1.82, 2.24) is 0 Å². The lowest BCUT2D eigenvalue weighted by Gasteiger charge is -2.27. The van der Waals surface area contributed by atoms with Gasteiger partial charge in [-0.05, 0) is 36.3 Å². The van der Waals surface area contributed by atoms with Gasteiger partial charge in [0, 0.05) is 19.5 Å². The predicted octanol–water partition coefficient (Wildman–Crippen LogP) is 4.14. The smallest absolute Gasteiger partial charge is 0.419 e. The molecule has 0 atom stereocenters. The molecule has 1 aliphatic rings. The van der Waals surface area contributed by atoms with E-state index >= 15 is 0 Å². The average molecular weight is 337 g/mol. The number of anilines is 1. The van der Waals surface area contributed by atoms with Crippen molar-refractivity contribution in [2.24, 2.45) is 0 Å². The molecule has 0 unspecified atom stereocenters. The minimum absolute atomic E-state index is 0.244. The molecule has 1 amide bonds. The molecule has 0 fully saturated rings. The molecule has 0 spiro atoms. The maximum Gasteiger partial charge on any atom is 0.419 e. The fourth-order valence-electron chi connectivity index (χ4n) is 2.61. The Morgan fingerprint density at radius 1 is 1.20 bits per heavy atom. The second-order valence-electron chi connectivity index (χ2n) is 5.98. The van der Waals surface area contributed by atoms with Crippen LogP contribution in [0.4, 0.5) is 10.5 Å². The number of rotatable bonds is 3. The van der Waals surface area contributed by atoms with Crippen molar-refractivity contribution in [3.63, 3.8) is 0 Å². The Morgan fingerprint density at radius 2 is 1.92 bits per heavy atom. The summed E-state index contributed by atoms with van der Waals surface area (Å²) < 4.78 is 10.4. The molecule has 1 aliphatic heterocycles. The number of carbonyl (C=O) groups is 2. The zero-order valence-corrected chi connectivity index (χ0v) is 14.4. The molecule has 25 heavy (non-hydrogen) atoms. The van der Waals surface area contributed by atoms with Crippen LogP contribution in [0.15, 0.2) is 42.5 Å². The van der Waals surface area contributed by atoms with Gasteiger partial charge in [-0.15, -0.1) is 0 Å². The van der Waals surface area contributed by atoms with E-state index in [4.69, 9.17) is 9.47 Å². The van der Waals surface area contributed by atoms with Gasteiger partial charge in [0.1, 0.15) is 12.4 Å². The van der Waals surface area contributed by atoms with E-state index in [0.717, 1.165) is 27.9 Å². The highest BCUT2D eigenvalue weighted by Gasteiger charge is 2.26. The van der Waals surface area contributed by atoms with E-state index in [9.17, 15) is 9.59 Å². The van der Waals surface area contributed by atoms with Crippen molar-refractivity contribution in [1.29, 1.82) is 0 Å². The minimum atomic E-state index is -0.408. The molecule has 0 saturated heterocycles. The summed E-state index contributed by atoms with van der Waals surface area (Å²) in [7, 11) is 1.69. The number of esters is 1. The van der Waals surface area contributed by atoms with E-state index < -0.39 is 6.09 Å². The van der Waals surface area contributed by atoms with Crippen LogP contribution >= 0.6 is 0 Å². The van der Waals surface area contributed by atoms with Crippen LogP contribution in [-0.4, -0.2) is 19.1 Å². The Bertz CT molecular complexity index is 852. The van der Waals surface area contributed by atoms with Gasteiger partial charge in [-0.3, -0.25) is 9.69 Å². The number of hydrogen-bond acceptors (Lipinski definition) is 4. The molecule has 5 heteroatoms. The number of amides is 1. The Kier molecular flexibility index (Phi) is 4.57. The summed E-state index contributed by atoms with van der Waals surface area (Å²) in [5.74, 6) is 0.214. The predicted molar refractivity (Wildman–Crippen MR) is 95.8 cm³/mol. The number of hydrogen-bond donors (Lipinski definition) is 0. The van der Waals surface area contributed by atoms with Gasteiger partial charge in [0.25, 0.3) is 0 Å². The third kappa shape index (κ3) is 3.71. The highest BCUT2D eigenvalue weighted by Crippen LogP contribution is 2.35. The molecule has 0 bridgehead atoms. The van der Waals surface area contributed by atoms with E-state index in [1.54, 1.807) is 7.05 Å². The van der Waals surface area contributed by atoms with Crippen LogP contribution in [0.1, 0.15) is 29.2 Å². The van der Waals surface area contributed by atoms with Gasteiger partial charge in [-0.2, -0.15) is 0 Å². The van der Waals surface area contributed by atoms with E-state index in [-0.39, 0.29) is 12.6 Å². The molecular weight excluding hydrogens is 318 g/mol. The van der Waals surface area contributed by atoms with E-state index in [2.05, 4.69) is 0 Å². The van der Waals surface area contributed by atoms with E-state index in [0.29, 0.717) is 5.76 Å². The summed E-state index contributed by atoms with van der Waals surface area (Å²) in [4.78, 5) is 24.4. The molecule has 2 aromatic carbocycles. The highest BCUT2D eigenvalue weighted by molar-refractivity contribution is 6.01. The van der Waals surface area contributed by atoms with E-state index in [1.807, 2.05) is 55.5 Å². The number of ether oxygens (including phenoxy) is 2. The van der Waals surface area contributed by atoms with Gasteiger partial charge in [-0.25, -0.2) is 4.79 Å². The molecule has 0 radical (unpaired) electrons. The van der Waals surface area contributed by atoms with Gasteiger partial charge in [0.15, 0.2) is 0 Å². The van der Waals surface area contributed by atoms with Crippen LogP contribution in [0, 0.1) is 6.92 Å². The number of carbonyl (C=O) groups excluding carboxylic acids is 2. The Morgan fingerprint density at radius 3 is 2.60 bits per heavy atom. The molecule has 0 saturated carbocycles. The average Bonchev–Trinajstić information content (AvgIpc) is 2.58. The first-order valence-corrected chi connectivity index (χ1v) is 7.94. The molecule has 2 aromatic rings. The summed E-state index contributed by atoms with van der Waals surface area (Å²) in [6, 6.07) is 13.4. The minimum Gasteiger partial charge on any atom is -0.461 e. The first-order chi connectivity index (χ1) is 11.9. The topological polar surface area (TPSA) is 55.8 Å². The van der Waals surface area contributed by atoms with Gasteiger partial charge in [0.05, 0.1) is 5.69 Å². The molecule has 0 N–H and O–H groups in total. The Balaban J connectivity index is 1.91. The maximum absolute atomic E-state index is 12.1. The number of aryl methyl sites for hydroxylation is 1. The second kappa shape index (κ2) is 6.81. The molecule has 0 aromatic heterocycles. The molecule has 5 nitrogen and oxygen atoms in total. The zero-order chi connectivity index (χ0) is 18.0. The second-order valence-corrected chi connectivity index (χ2v) is 5.98. The number of fused-ring (bicyclic) bond motifs is 1. The summed E-state index contributed by atoms with van der Waals surface area (Å²) in [6.45, 7) is 3.62. The molecule has 128 valence electrons. The van der Waals surface area contributed by atoms with Gasteiger partial charge in [-0.1, -0.05) is 35.9 Å². The van der Waals surface area contributed by atoms with Crippen molar-refractivity contribution in [3.8, 4) is 0 Å². The standard InChI is InChI=1S/C20H19NO4/c1-13-4-9-18-17(10-13)19(25-20(23)21(18)3)11-15-5-7-16(8-6-15)12-24-14(2)22/h4-11H,12H2,1-3H3/b19-11-. The molecule has 1 heterocycles. The number of nitrogens with zero attached hydrogens (tertiary/aromatic N) is 1. The lowest BCUT2D eigenvalue weighted by molar-refractivity contribution is -0.142. The van der Waals surface area contributed by atoms with E-state index in [1.165, 1.54) is 11.8 Å². The zero-order valence-electron chi connectivity index (χ0n) is 14.4. The van der Waals surface area contributed by atoms with Crippen LogP contribution in [0.5, 0.6) is 0 Å². The van der Waals surface area contributed by atoms with Crippen molar-refractivity contribution >= 4 is 29.6 Å². The Hall–Kier alpha value is -3.08. The first-order valence-electron chi connectivity index (χ1n) is 7.94. The van der Waals surface area contributed by atoms with Crippen molar-refractivity contribution < 1.29 is 19.1 Å². The van der Waals surface area contributed by atoms with Crippen molar-refractivity contribution in [2.75, 3.05) is 11.9 Å². The van der Waals surface area contributed by atoms with Crippen LogP contribution in [0.25, 0.3) is 11.8 Å². The summed E-state index contributed by atoms with van der Waals surface area (Å²) in [5.41, 5.74) is 4.58. The van der Waals surface area contributed by atoms with Crippen LogP contribution in [0.2, 0.25) is 0 Å². The third-order valence-corrected chi connectivity index (χ3v) is 3.97. The maximum atomic E-state index is 12.1. The van der Waals surface area contributed by atoms with Gasteiger partial charge >= 0.3 is 12.1 Å². The van der Waals surface area contributed by atoms with Crippen LogP contribution in [0.3, 0.4) is 0 Å². The van der Waals surface area contributed by atoms with Gasteiger partial charge in [0.2, 0.25) is 0 Å². The SMILES string of the molecule is CC(=O)OCc1ccc(/C=C2\OC(=O)N(C)c3ccc(C)cc32)cc1. The summed E-state index contributed by atoms with van der Waals surface area (Å²) in [6.07, 6.45) is 1.42. The highest BCUT2D eigenvalue weighted by atomic mass is 16.6. The molecule has 3 rings (SSSR count). The summed E-state index contributed by atoms with van der Waals surface area (Å²) in [5, 5.41) is 0. The lowest BCUT2D eigenvalue weighted by Crippen LogP contribution is -2.31. The first kappa shape index (κ1) is 16.8.